The van der Waals surface area contributed by atoms with Gasteiger partial charge >= 0.3 is 0 Å². The number of carbonyl (C=O) groups excluding carboxylic acids is 4. The van der Waals surface area contributed by atoms with Crippen molar-refractivity contribution in [3.05, 3.63) is 93.1 Å². The van der Waals surface area contributed by atoms with Crippen LogP contribution in [0.3, 0.4) is 0 Å². The highest BCUT2D eigenvalue weighted by Gasteiger charge is 1.98. The molecule has 0 aliphatic carbocycles. The van der Waals surface area contributed by atoms with Crippen molar-refractivity contribution < 1.29 is 28.0 Å². The third kappa shape index (κ3) is 15.2. The van der Waals surface area contributed by atoms with Crippen molar-refractivity contribution in [2.75, 3.05) is 0 Å². The van der Waals surface area contributed by atoms with Crippen LogP contribution in [0.15, 0.2) is 80.2 Å². The molecular formula is C27H36O6S2. The molecular weight excluding hydrogens is 484 g/mol. The zero-order valence-corrected chi connectivity index (χ0v) is 19.8. The lowest BCUT2D eigenvalue weighted by molar-refractivity contribution is 0.0983. The number of rotatable bonds is 4. The summed E-state index contributed by atoms with van der Waals surface area (Å²) >= 11 is 3.03. The summed E-state index contributed by atoms with van der Waals surface area (Å²) in [6.07, 6.45) is 4.40. The van der Waals surface area contributed by atoms with Gasteiger partial charge in [-0.3, -0.25) is 19.2 Å². The molecule has 4 heterocycles. The Kier molecular flexibility index (Phi) is 20.7. The average Bonchev–Trinajstić information content (AvgIpc) is 3.56. The number of Topliss-reactive ketones (excluding diaryl/α,β-unsaturated/α-hetero) is 4. The number of carbonyl (C=O) groups is 4. The van der Waals surface area contributed by atoms with Gasteiger partial charge in [0.1, 0.15) is 6.26 Å². The van der Waals surface area contributed by atoms with Gasteiger partial charge in [0, 0.05) is 17.9 Å². The van der Waals surface area contributed by atoms with Gasteiger partial charge in [-0.25, -0.2) is 0 Å². The summed E-state index contributed by atoms with van der Waals surface area (Å²) in [6, 6.07) is 10.5. The first-order chi connectivity index (χ1) is 15.2. The standard InChI is InChI=1S/2C6H6O2.2C6H6OS.3CH4/c1-5(7)6-2-3-8-4-6;1-5(7)6-3-2-4-8-6;1-5(7)6-2-3-8-4-6;1-5(7)6-3-2-4-8-6;;;/h4*2-4H,1H3;3*1H4. The van der Waals surface area contributed by atoms with Gasteiger partial charge in [-0.1, -0.05) is 28.3 Å². The van der Waals surface area contributed by atoms with E-state index in [0.29, 0.717) is 11.3 Å². The fourth-order valence-corrected chi connectivity index (χ4v) is 3.21. The molecule has 0 atom stereocenters. The molecule has 35 heavy (non-hydrogen) atoms. The number of hydrogen-bond acceptors (Lipinski definition) is 8. The minimum absolute atomic E-state index is 0. The zero-order valence-electron chi connectivity index (χ0n) is 18.2. The van der Waals surface area contributed by atoms with Crippen molar-refractivity contribution in [3.63, 3.8) is 0 Å². The molecule has 8 heteroatoms. The van der Waals surface area contributed by atoms with E-state index in [4.69, 9.17) is 4.42 Å². The number of thiophene rings is 2. The molecule has 0 radical (unpaired) electrons. The summed E-state index contributed by atoms with van der Waals surface area (Å²) in [6.45, 7) is 6.12. The van der Waals surface area contributed by atoms with Crippen molar-refractivity contribution in [2.45, 2.75) is 50.0 Å². The second-order valence-electron chi connectivity index (χ2n) is 6.20. The lowest BCUT2D eigenvalue weighted by atomic mass is 10.2. The molecule has 0 aliphatic heterocycles. The zero-order chi connectivity index (χ0) is 23.9. The Hall–Kier alpha value is -3.36. The van der Waals surface area contributed by atoms with Crippen molar-refractivity contribution in [2.24, 2.45) is 0 Å². The van der Waals surface area contributed by atoms with Crippen LogP contribution in [-0.2, 0) is 0 Å². The van der Waals surface area contributed by atoms with E-state index >= 15 is 0 Å². The third-order valence-electron chi connectivity index (χ3n) is 3.59. The molecule has 0 aromatic carbocycles. The molecule has 0 fully saturated rings. The van der Waals surface area contributed by atoms with Crippen molar-refractivity contribution in [1.82, 2.24) is 0 Å². The van der Waals surface area contributed by atoms with Crippen LogP contribution in [0, 0.1) is 0 Å². The second-order valence-corrected chi connectivity index (χ2v) is 7.93. The van der Waals surface area contributed by atoms with E-state index in [1.165, 1.54) is 44.0 Å². The Labute approximate surface area is 216 Å². The third-order valence-corrected chi connectivity index (χ3v) is 5.25. The fraction of sp³-hybridized carbons (Fsp3) is 0.259. The van der Waals surface area contributed by atoms with Gasteiger partial charge in [-0.2, -0.15) is 11.3 Å². The summed E-state index contributed by atoms with van der Waals surface area (Å²) < 4.78 is 9.40. The molecule has 0 amide bonds. The van der Waals surface area contributed by atoms with Gasteiger partial charge < -0.3 is 8.83 Å². The summed E-state index contributed by atoms with van der Waals surface area (Å²) in [4.78, 5) is 42.7. The Bertz CT molecular complexity index is 882. The maximum absolute atomic E-state index is 10.5. The largest absolute Gasteiger partial charge is 0.472 e. The molecule has 4 rings (SSSR count). The normalized spacial score (nSPS) is 8.34. The Balaban J connectivity index is -0.000000379. The Morgan fingerprint density at radius 2 is 1.34 bits per heavy atom. The molecule has 0 spiro atoms. The van der Waals surface area contributed by atoms with Crippen LogP contribution in [0.4, 0.5) is 0 Å². The van der Waals surface area contributed by atoms with Gasteiger partial charge in [0.2, 0.25) is 0 Å². The van der Waals surface area contributed by atoms with Gasteiger partial charge in [0.25, 0.3) is 0 Å². The summed E-state index contributed by atoms with van der Waals surface area (Å²) in [5.74, 6) is 0.727. The van der Waals surface area contributed by atoms with Gasteiger partial charge in [0.15, 0.2) is 28.9 Å². The van der Waals surface area contributed by atoms with Crippen molar-refractivity contribution >= 4 is 45.8 Å². The highest BCUT2D eigenvalue weighted by atomic mass is 32.1. The van der Waals surface area contributed by atoms with Crippen LogP contribution in [-0.4, -0.2) is 23.1 Å². The summed E-state index contributed by atoms with van der Waals surface area (Å²) in [5.41, 5.74) is 1.44. The van der Waals surface area contributed by atoms with Crippen molar-refractivity contribution in [1.29, 1.82) is 0 Å². The number of hydrogen-bond donors (Lipinski definition) is 0. The maximum Gasteiger partial charge on any atom is 0.194 e. The lowest BCUT2D eigenvalue weighted by Crippen LogP contribution is -1.85. The molecule has 0 saturated carbocycles. The molecule has 0 N–H and O–H groups in total. The highest BCUT2D eigenvalue weighted by molar-refractivity contribution is 7.12. The van der Waals surface area contributed by atoms with Gasteiger partial charge in [0.05, 0.1) is 23.0 Å². The molecule has 4 aromatic heterocycles. The molecule has 0 bridgehead atoms. The predicted octanol–water partition coefficient (Wildman–Crippen LogP) is 8.77. The van der Waals surface area contributed by atoms with Gasteiger partial charge in [-0.15, -0.1) is 11.3 Å². The summed E-state index contributed by atoms with van der Waals surface area (Å²) in [7, 11) is 0. The second kappa shape index (κ2) is 20.1. The van der Waals surface area contributed by atoms with E-state index in [1.807, 2.05) is 34.3 Å². The molecule has 0 aliphatic rings. The minimum Gasteiger partial charge on any atom is -0.472 e. The lowest BCUT2D eigenvalue weighted by Gasteiger charge is -1.80. The molecule has 4 aromatic rings. The minimum atomic E-state index is -0.0324. The maximum atomic E-state index is 10.5. The quantitative estimate of drug-likeness (QED) is 0.250. The molecule has 192 valence electrons. The summed E-state index contributed by atoms with van der Waals surface area (Å²) in [5, 5.41) is 5.65. The Morgan fingerprint density at radius 1 is 0.686 bits per heavy atom. The van der Waals surface area contributed by atoms with E-state index < -0.39 is 0 Å². The van der Waals surface area contributed by atoms with Crippen LogP contribution < -0.4 is 0 Å². The van der Waals surface area contributed by atoms with Crippen LogP contribution in [0.25, 0.3) is 0 Å². The van der Waals surface area contributed by atoms with Gasteiger partial charge in [-0.05, 0) is 61.9 Å². The molecule has 6 nitrogen and oxygen atoms in total. The highest BCUT2D eigenvalue weighted by Crippen LogP contribution is 2.08. The SMILES string of the molecule is C.C.C.CC(=O)c1ccco1.CC(=O)c1cccs1.CC(=O)c1ccoc1.CC(=O)c1ccsc1. The van der Waals surface area contributed by atoms with E-state index in [-0.39, 0.29) is 45.4 Å². The first-order valence-corrected chi connectivity index (χ1v) is 11.2. The van der Waals surface area contributed by atoms with E-state index in [9.17, 15) is 19.2 Å². The van der Waals surface area contributed by atoms with Crippen LogP contribution in [0.5, 0.6) is 0 Å². The Morgan fingerprint density at radius 3 is 1.57 bits per heavy atom. The number of ketones is 4. The van der Waals surface area contributed by atoms with E-state index in [0.717, 1.165) is 10.4 Å². The average molecular weight is 521 g/mol. The fourth-order valence-electron chi connectivity index (χ4n) is 1.89. The molecule has 0 unspecified atom stereocenters. The van der Waals surface area contributed by atoms with E-state index in [2.05, 4.69) is 4.42 Å². The van der Waals surface area contributed by atoms with Crippen LogP contribution >= 0.6 is 22.7 Å². The first kappa shape index (κ1) is 36.2. The topological polar surface area (TPSA) is 94.6 Å². The van der Waals surface area contributed by atoms with Crippen LogP contribution in [0.1, 0.15) is 90.9 Å². The molecule has 0 saturated heterocycles. The van der Waals surface area contributed by atoms with Crippen molar-refractivity contribution in [3.8, 4) is 0 Å². The number of furan rings is 2. The van der Waals surface area contributed by atoms with E-state index in [1.54, 1.807) is 43.4 Å². The van der Waals surface area contributed by atoms with Crippen LogP contribution in [0.2, 0.25) is 0 Å². The predicted molar refractivity (Wildman–Crippen MR) is 146 cm³/mol. The first-order valence-electron chi connectivity index (χ1n) is 9.37. The smallest absolute Gasteiger partial charge is 0.194 e. The monoisotopic (exact) mass is 520 g/mol.